The standard InChI is InChI=1S/C13H20ClN3O.ClH/c1-3-17(4-2)9-6-10-18-13-11(12(14)15)7-5-8-16-13;/h5,7-8,15H,3-4,6,9-10H2,1-2H3;1H. The van der Waals surface area contributed by atoms with E-state index in [0.717, 1.165) is 26.1 Å². The summed E-state index contributed by atoms with van der Waals surface area (Å²) in [5.41, 5.74) is 0.544. The molecule has 0 unspecified atom stereocenters. The summed E-state index contributed by atoms with van der Waals surface area (Å²) in [6, 6.07) is 3.48. The molecule has 4 nitrogen and oxygen atoms in total. The average Bonchev–Trinajstić information content (AvgIpc) is 2.39. The third-order valence-electron chi connectivity index (χ3n) is 2.76. The Morgan fingerprint density at radius 2 is 2.11 bits per heavy atom. The number of pyridine rings is 1. The number of rotatable bonds is 8. The van der Waals surface area contributed by atoms with Gasteiger partial charge in [-0.05, 0) is 31.6 Å². The first-order valence-corrected chi connectivity index (χ1v) is 6.61. The van der Waals surface area contributed by atoms with Crippen LogP contribution in [0.15, 0.2) is 18.3 Å². The van der Waals surface area contributed by atoms with Crippen LogP contribution in [0.2, 0.25) is 0 Å². The largest absolute Gasteiger partial charge is 0.477 e. The maximum absolute atomic E-state index is 7.42. The normalized spacial score (nSPS) is 10.1. The quantitative estimate of drug-likeness (QED) is 0.593. The Kier molecular flexibility index (Phi) is 9.57. The highest BCUT2D eigenvalue weighted by Crippen LogP contribution is 2.16. The summed E-state index contributed by atoms with van der Waals surface area (Å²) < 4.78 is 5.57. The molecule has 108 valence electrons. The predicted molar refractivity (Wildman–Crippen MR) is 82.1 cm³/mol. The Labute approximate surface area is 126 Å². The van der Waals surface area contributed by atoms with E-state index in [1.165, 1.54) is 0 Å². The van der Waals surface area contributed by atoms with E-state index in [1.54, 1.807) is 18.3 Å². The van der Waals surface area contributed by atoms with Crippen molar-refractivity contribution in [2.24, 2.45) is 0 Å². The van der Waals surface area contributed by atoms with Gasteiger partial charge in [0, 0.05) is 12.7 Å². The molecule has 0 bridgehead atoms. The van der Waals surface area contributed by atoms with Gasteiger partial charge in [-0.3, -0.25) is 5.41 Å². The van der Waals surface area contributed by atoms with Gasteiger partial charge in [0.2, 0.25) is 5.88 Å². The minimum absolute atomic E-state index is 0. The fraction of sp³-hybridized carbons (Fsp3) is 0.538. The first-order chi connectivity index (χ1) is 8.69. The molecule has 6 heteroatoms. The molecule has 0 fully saturated rings. The molecule has 0 aliphatic heterocycles. The van der Waals surface area contributed by atoms with Crippen LogP contribution in [-0.2, 0) is 0 Å². The summed E-state index contributed by atoms with van der Waals surface area (Å²) in [5.74, 6) is 0.442. The molecule has 0 saturated carbocycles. The summed E-state index contributed by atoms with van der Waals surface area (Å²) in [5, 5.41) is 7.38. The lowest BCUT2D eigenvalue weighted by Crippen LogP contribution is -2.25. The van der Waals surface area contributed by atoms with Crippen molar-refractivity contribution in [3.8, 4) is 5.88 Å². The Morgan fingerprint density at radius 3 is 2.68 bits per heavy atom. The van der Waals surface area contributed by atoms with E-state index in [0.29, 0.717) is 18.1 Å². The van der Waals surface area contributed by atoms with Gasteiger partial charge in [-0.2, -0.15) is 0 Å². The molecule has 0 aliphatic carbocycles. The van der Waals surface area contributed by atoms with Crippen molar-refractivity contribution in [3.05, 3.63) is 23.9 Å². The number of aromatic nitrogens is 1. The zero-order valence-corrected chi connectivity index (χ0v) is 12.9. The van der Waals surface area contributed by atoms with Crippen molar-refractivity contribution in [2.75, 3.05) is 26.2 Å². The number of ether oxygens (including phenoxy) is 1. The van der Waals surface area contributed by atoms with Crippen LogP contribution in [0.25, 0.3) is 0 Å². The first-order valence-electron chi connectivity index (χ1n) is 6.23. The SMILES string of the molecule is CCN(CC)CCCOc1ncccc1C(=N)Cl.Cl. The Bertz CT molecular complexity index is 384. The third kappa shape index (κ3) is 6.23. The smallest absolute Gasteiger partial charge is 0.223 e. The van der Waals surface area contributed by atoms with Gasteiger partial charge in [-0.25, -0.2) is 4.98 Å². The van der Waals surface area contributed by atoms with Gasteiger partial charge in [0.05, 0.1) is 12.2 Å². The summed E-state index contributed by atoms with van der Waals surface area (Å²) in [6.07, 6.45) is 2.58. The first kappa shape index (κ1) is 18.2. The van der Waals surface area contributed by atoms with Gasteiger partial charge in [0.25, 0.3) is 0 Å². The zero-order valence-electron chi connectivity index (χ0n) is 11.4. The van der Waals surface area contributed by atoms with Gasteiger partial charge in [-0.15, -0.1) is 12.4 Å². The number of hydrogen-bond donors (Lipinski definition) is 1. The van der Waals surface area contributed by atoms with Gasteiger partial charge in [0.1, 0.15) is 5.17 Å². The highest BCUT2D eigenvalue weighted by molar-refractivity contribution is 6.68. The van der Waals surface area contributed by atoms with Gasteiger partial charge in [0.15, 0.2) is 0 Å². The van der Waals surface area contributed by atoms with Crippen molar-refractivity contribution in [1.82, 2.24) is 9.88 Å². The molecular weight excluding hydrogens is 285 g/mol. The van der Waals surface area contributed by atoms with Crippen LogP contribution in [0.3, 0.4) is 0 Å². The van der Waals surface area contributed by atoms with E-state index in [1.807, 2.05) is 0 Å². The fourth-order valence-corrected chi connectivity index (χ4v) is 1.81. The van der Waals surface area contributed by atoms with Crippen molar-refractivity contribution in [2.45, 2.75) is 20.3 Å². The lowest BCUT2D eigenvalue weighted by atomic mass is 10.3. The maximum atomic E-state index is 7.42. The van der Waals surface area contributed by atoms with E-state index in [9.17, 15) is 0 Å². The second kappa shape index (κ2) is 10.0. The minimum atomic E-state index is -0.0400. The van der Waals surface area contributed by atoms with Crippen LogP contribution in [0.4, 0.5) is 0 Å². The average molecular weight is 306 g/mol. The monoisotopic (exact) mass is 305 g/mol. The Hall–Kier alpha value is -0.840. The number of halogens is 2. The van der Waals surface area contributed by atoms with E-state index in [4.69, 9.17) is 21.7 Å². The highest BCUT2D eigenvalue weighted by atomic mass is 35.5. The number of nitrogens with zero attached hydrogens (tertiary/aromatic N) is 2. The Morgan fingerprint density at radius 1 is 1.42 bits per heavy atom. The summed E-state index contributed by atoms with van der Waals surface area (Å²) in [6.45, 7) is 8.00. The second-order valence-corrected chi connectivity index (χ2v) is 4.28. The maximum Gasteiger partial charge on any atom is 0.223 e. The molecule has 0 radical (unpaired) electrons. The van der Waals surface area contributed by atoms with Gasteiger partial charge >= 0.3 is 0 Å². The van der Waals surface area contributed by atoms with Gasteiger partial charge < -0.3 is 9.64 Å². The van der Waals surface area contributed by atoms with Crippen molar-refractivity contribution >= 4 is 29.2 Å². The van der Waals surface area contributed by atoms with Crippen LogP contribution in [0.1, 0.15) is 25.8 Å². The molecule has 1 aromatic heterocycles. The van der Waals surface area contributed by atoms with E-state index in [-0.39, 0.29) is 17.6 Å². The lowest BCUT2D eigenvalue weighted by Gasteiger charge is -2.17. The molecule has 0 amide bonds. The van der Waals surface area contributed by atoms with E-state index >= 15 is 0 Å². The molecular formula is C13H21Cl2N3O. The van der Waals surface area contributed by atoms with Crippen molar-refractivity contribution < 1.29 is 4.74 Å². The van der Waals surface area contributed by atoms with E-state index < -0.39 is 0 Å². The van der Waals surface area contributed by atoms with Crippen LogP contribution in [-0.4, -0.2) is 41.3 Å². The van der Waals surface area contributed by atoms with Crippen molar-refractivity contribution in [1.29, 1.82) is 5.41 Å². The molecule has 0 aliphatic rings. The highest BCUT2D eigenvalue weighted by Gasteiger charge is 2.08. The Balaban J connectivity index is 0.00000324. The fourth-order valence-electron chi connectivity index (χ4n) is 1.67. The third-order valence-corrected chi connectivity index (χ3v) is 2.96. The summed E-state index contributed by atoms with van der Waals surface area (Å²) in [4.78, 5) is 6.44. The van der Waals surface area contributed by atoms with Crippen LogP contribution < -0.4 is 4.74 Å². The summed E-state index contributed by atoms with van der Waals surface area (Å²) >= 11 is 5.67. The minimum Gasteiger partial charge on any atom is -0.477 e. The van der Waals surface area contributed by atoms with Crippen LogP contribution in [0.5, 0.6) is 5.88 Å². The van der Waals surface area contributed by atoms with Crippen LogP contribution in [0, 0.1) is 5.41 Å². The summed E-state index contributed by atoms with van der Waals surface area (Å²) in [7, 11) is 0. The molecule has 0 aromatic carbocycles. The van der Waals surface area contributed by atoms with Crippen LogP contribution >= 0.6 is 24.0 Å². The molecule has 0 saturated heterocycles. The molecule has 19 heavy (non-hydrogen) atoms. The molecule has 1 heterocycles. The van der Waals surface area contributed by atoms with E-state index in [2.05, 4.69) is 23.7 Å². The van der Waals surface area contributed by atoms with Gasteiger partial charge in [-0.1, -0.05) is 25.4 Å². The predicted octanol–water partition coefficient (Wildman–Crippen LogP) is 3.18. The lowest BCUT2D eigenvalue weighted by molar-refractivity contribution is 0.244. The molecule has 1 N–H and O–H groups in total. The molecule has 1 aromatic rings. The molecule has 0 atom stereocenters. The van der Waals surface area contributed by atoms with Crippen molar-refractivity contribution in [3.63, 3.8) is 0 Å². The zero-order chi connectivity index (χ0) is 13.4. The molecule has 0 spiro atoms. The molecule has 1 rings (SSSR count). The second-order valence-electron chi connectivity index (χ2n) is 3.90. The topological polar surface area (TPSA) is 49.2 Å². The number of nitrogens with one attached hydrogen (secondary N) is 1. The number of hydrogen-bond acceptors (Lipinski definition) is 4.